The number of nitrogens with zero attached hydrogens (tertiary/aromatic N) is 1. The highest BCUT2D eigenvalue weighted by atomic mass is 32.1. The van der Waals surface area contributed by atoms with E-state index in [2.05, 4.69) is 65.0 Å². The van der Waals surface area contributed by atoms with E-state index in [1.165, 1.54) is 37.2 Å². The second kappa shape index (κ2) is 5.91. The van der Waals surface area contributed by atoms with Crippen LogP contribution < -0.4 is 0 Å². The average Bonchev–Trinajstić information content (AvgIpc) is 3.41. The Kier molecular flexibility index (Phi) is 3.18. The Morgan fingerprint density at radius 3 is 2.60 bits per heavy atom. The van der Waals surface area contributed by atoms with Crippen LogP contribution in [0.1, 0.15) is 0 Å². The molecule has 7 aromatic rings. The number of furan rings is 1. The van der Waals surface area contributed by atoms with Crippen LogP contribution in [-0.2, 0) is 0 Å². The van der Waals surface area contributed by atoms with Gasteiger partial charge in [-0.2, -0.15) is 0 Å². The third-order valence-corrected chi connectivity index (χ3v) is 6.88. The highest BCUT2D eigenvalue weighted by molar-refractivity contribution is 7.17. The lowest BCUT2D eigenvalue weighted by Crippen LogP contribution is -1.86. The molecule has 140 valence electrons. The van der Waals surface area contributed by atoms with Gasteiger partial charge in [0.25, 0.3) is 0 Å². The summed E-state index contributed by atoms with van der Waals surface area (Å²) in [6, 6.07) is 25.9. The minimum absolute atomic E-state index is 0.927. The van der Waals surface area contributed by atoms with Crippen molar-refractivity contribution < 1.29 is 4.42 Å². The van der Waals surface area contributed by atoms with Crippen molar-refractivity contribution in [3.8, 4) is 11.1 Å². The van der Waals surface area contributed by atoms with Gasteiger partial charge in [-0.15, -0.1) is 11.3 Å². The summed E-state index contributed by atoms with van der Waals surface area (Å²) in [6.07, 6.45) is 3.76. The molecule has 2 nitrogen and oxygen atoms in total. The van der Waals surface area contributed by atoms with Crippen molar-refractivity contribution in [3.05, 3.63) is 90.6 Å². The standard InChI is InChI=1S/C27H15NOS/c1-2-6-24-19(5-1)21-8-7-20-22(17-4-3-10-28-15-17)13-18-14-25-16(9-11-30-25)12-23(18)26(20)27(21)29-24/h1-15H. The van der Waals surface area contributed by atoms with Gasteiger partial charge in [-0.1, -0.05) is 30.3 Å². The van der Waals surface area contributed by atoms with Gasteiger partial charge in [0, 0.05) is 38.8 Å². The van der Waals surface area contributed by atoms with Crippen molar-refractivity contribution in [1.29, 1.82) is 0 Å². The normalized spacial score (nSPS) is 12.0. The maximum atomic E-state index is 6.45. The highest BCUT2D eigenvalue weighted by Crippen LogP contribution is 2.43. The van der Waals surface area contributed by atoms with Gasteiger partial charge in [0.2, 0.25) is 0 Å². The van der Waals surface area contributed by atoms with Crippen molar-refractivity contribution in [2.75, 3.05) is 0 Å². The lowest BCUT2D eigenvalue weighted by atomic mass is 9.92. The van der Waals surface area contributed by atoms with Crippen LogP contribution in [0.4, 0.5) is 0 Å². The summed E-state index contributed by atoms with van der Waals surface area (Å²) in [4.78, 5) is 4.37. The average molecular weight is 401 g/mol. The topological polar surface area (TPSA) is 26.0 Å². The lowest BCUT2D eigenvalue weighted by molar-refractivity contribution is 0.673. The molecule has 0 unspecified atom stereocenters. The molecule has 7 rings (SSSR count). The molecule has 0 saturated carbocycles. The molecule has 0 aliphatic rings. The predicted octanol–water partition coefficient (Wildman–Crippen LogP) is 8.17. The van der Waals surface area contributed by atoms with Crippen molar-refractivity contribution in [3.63, 3.8) is 0 Å². The molecule has 3 heteroatoms. The van der Waals surface area contributed by atoms with Crippen LogP contribution in [0.15, 0.2) is 95.0 Å². The van der Waals surface area contributed by atoms with E-state index in [9.17, 15) is 0 Å². The molecule has 4 aromatic carbocycles. The van der Waals surface area contributed by atoms with Crippen LogP contribution in [0.3, 0.4) is 0 Å². The van der Waals surface area contributed by atoms with Gasteiger partial charge in [0.05, 0.1) is 0 Å². The van der Waals surface area contributed by atoms with E-state index in [1.807, 2.05) is 30.6 Å². The fraction of sp³-hybridized carbons (Fsp3) is 0. The summed E-state index contributed by atoms with van der Waals surface area (Å²) in [6.45, 7) is 0. The lowest BCUT2D eigenvalue weighted by Gasteiger charge is -2.12. The second-order valence-corrected chi connectivity index (χ2v) is 8.61. The number of benzene rings is 4. The molecular formula is C27H15NOS. The molecule has 0 atom stereocenters. The summed E-state index contributed by atoms with van der Waals surface area (Å²) in [5.74, 6) is 0. The number of hydrogen-bond donors (Lipinski definition) is 0. The molecular weight excluding hydrogens is 386 g/mol. The van der Waals surface area contributed by atoms with Gasteiger partial charge >= 0.3 is 0 Å². The molecule has 0 spiro atoms. The third-order valence-electron chi connectivity index (χ3n) is 6.00. The van der Waals surface area contributed by atoms with Crippen LogP contribution in [0, 0.1) is 0 Å². The van der Waals surface area contributed by atoms with Crippen LogP contribution in [-0.4, -0.2) is 4.98 Å². The summed E-state index contributed by atoms with van der Waals surface area (Å²) in [5.41, 5.74) is 4.19. The molecule has 0 aliphatic heterocycles. The molecule has 0 saturated heterocycles. The first kappa shape index (κ1) is 16.1. The quantitative estimate of drug-likeness (QED) is 0.259. The number of hydrogen-bond acceptors (Lipinski definition) is 3. The van der Waals surface area contributed by atoms with Crippen LogP contribution in [0.25, 0.3) is 64.7 Å². The molecule has 3 heterocycles. The third kappa shape index (κ3) is 2.15. The molecule has 0 aliphatic carbocycles. The Hall–Kier alpha value is -3.69. The number of fused-ring (bicyclic) bond motifs is 8. The van der Waals surface area contributed by atoms with Gasteiger partial charge in [0.1, 0.15) is 11.2 Å². The zero-order chi connectivity index (χ0) is 19.7. The fourth-order valence-corrected chi connectivity index (χ4v) is 5.46. The number of rotatable bonds is 1. The van der Waals surface area contributed by atoms with Gasteiger partial charge in [-0.25, -0.2) is 0 Å². The van der Waals surface area contributed by atoms with Gasteiger partial charge < -0.3 is 4.42 Å². The van der Waals surface area contributed by atoms with Gasteiger partial charge in [-0.3, -0.25) is 4.98 Å². The molecule has 0 radical (unpaired) electrons. The van der Waals surface area contributed by atoms with Crippen molar-refractivity contribution in [2.24, 2.45) is 0 Å². The van der Waals surface area contributed by atoms with Crippen molar-refractivity contribution >= 4 is 64.9 Å². The number of para-hydroxylation sites is 1. The maximum Gasteiger partial charge on any atom is 0.143 e. The van der Waals surface area contributed by atoms with E-state index in [1.54, 1.807) is 11.3 Å². The second-order valence-electron chi connectivity index (χ2n) is 7.66. The van der Waals surface area contributed by atoms with E-state index in [4.69, 9.17) is 4.42 Å². The summed E-state index contributed by atoms with van der Waals surface area (Å²) >= 11 is 1.78. The van der Waals surface area contributed by atoms with E-state index < -0.39 is 0 Å². The zero-order valence-corrected chi connectivity index (χ0v) is 16.7. The highest BCUT2D eigenvalue weighted by Gasteiger charge is 2.16. The van der Waals surface area contributed by atoms with Crippen molar-refractivity contribution in [2.45, 2.75) is 0 Å². The molecule has 0 N–H and O–H groups in total. The Bertz CT molecular complexity index is 1740. The molecule has 3 aromatic heterocycles. The molecule has 0 amide bonds. The Morgan fingerprint density at radius 1 is 0.733 bits per heavy atom. The Morgan fingerprint density at radius 2 is 1.67 bits per heavy atom. The minimum Gasteiger partial charge on any atom is -0.455 e. The first-order valence-electron chi connectivity index (χ1n) is 9.95. The van der Waals surface area contributed by atoms with E-state index in [0.29, 0.717) is 0 Å². The predicted molar refractivity (Wildman–Crippen MR) is 127 cm³/mol. The Balaban J connectivity index is 1.77. The first-order valence-corrected chi connectivity index (χ1v) is 10.8. The monoisotopic (exact) mass is 401 g/mol. The minimum atomic E-state index is 0.927. The van der Waals surface area contributed by atoms with E-state index in [0.717, 1.165) is 27.5 Å². The summed E-state index contributed by atoms with van der Waals surface area (Å²) in [7, 11) is 0. The maximum absolute atomic E-state index is 6.45. The number of aromatic nitrogens is 1. The van der Waals surface area contributed by atoms with Crippen LogP contribution in [0.2, 0.25) is 0 Å². The zero-order valence-electron chi connectivity index (χ0n) is 15.9. The van der Waals surface area contributed by atoms with Gasteiger partial charge in [-0.05, 0) is 75.0 Å². The number of pyridine rings is 1. The number of thiophene rings is 1. The summed E-state index contributed by atoms with van der Waals surface area (Å²) < 4.78 is 7.75. The first-order chi connectivity index (χ1) is 14.9. The SMILES string of the molecule is c1cncc(-c2cc3cc4sccc4cc3c3c2ccc2c4ccccc4oc23)c1. The van der Waals surface area contributed by atoms with E-state index >= 15 is 0 Å². The molecule has 0 bridgehead atoms. The molecule has 0 fully saturated rings. The Labute approximate surface area is 176 Å². The van der Waals surface area contributed by atoms with Crippen LogP contribution >= 0.6 is 11.3 Å². The van der Waals surface area contributed by atoms with Gasteiger partial charge in [0.15, 0.2) is 0 Å². The largest absolute Gasteiger partial charge is 0.455 e. The van der Waals surface area contributed by atoms with Crippen LogP contribution in [0.5, 0.6) is 0 Å². The smallest absolute Gasteiger partial charge is 0.143 e. The fourth-order valence-electron chi connectivity index (χ4n) is 4.64. The molecule has 30 heavy (non-hydrogen) atoms. The van der Waals surface area contributed by atoms with Crippen molar-refractivity contribution in [1.82, 2.24) is 4.98 Å². The summed E-state index contributed by atoms with van der Waals surface area (Å²) in [5, 5.41) is 10.6. The van der Waals surface area contributed by atoms with E-state index in [-0.39, 0.29) is 0 Å².